The molecule has 2 aliphatic rings. The number of piperidine rings is 1. The number of benzene rings is 1. The van der Waals surface area contributed by atoms with E-state index in [0.29, 0.717) is 0 Å². The summed E-state index contributed by atoms with van der Waals surface area (Å²) in [4.78, 5) is 0. The maximum atomic E-state index is 3.64. The van der Waals surface area contributed by atoms with Crippen LogP contribution in [0.5, 0.6) is 0 Å². The average molecular weight is 244 g/mol. The molecule has 0 radical (unpaired) electrons. The predicted molar refractivity (Wildman–Crippen MR) is 77.2 cm³/mol. The number of aryl methyl sites for hydroxylation is 2. The van der Waals surface area contributed by atoms with Crippen LogP contribution in [-0.4, -0.2) is 19.6 Å². The van der Waals surface area contributed by atoms with Crippen LogP contribution < -0.4 is 10.6 Å². The van der Waals surface area contributed by atoms with E-state index in [0.717, 1.165) is 12.5 Å². The number of fused-ring (bicyclic) bond motifs is 1. The van der Waals surface area contributed by atoms with Crippen LogP contribution in [0.1, 0.15) is 36.8 Å². The quantitative estimate of drug-likeness (QED) is 0.854. The van der Waals surface area contributed by atoms with Crippen molar-refractivity contribution in [2.45, 2.75) is 38.5 Å². The third-order valence-corrected chi connectivity index (χ3v) is 4.40. The Labute approximate surface area is 110 Å². The molecule has 0 amide bonds. The fourth-order valence-corrected chi connectivity index (χ4v) is 3.19. The summed E-state index contributed by atoms with van der Waals surface area (Å²) in [6.07, 6.45) is 7.93. The van der Waals surface area contributed by atoms with Crippen molar-refractivity contribution < 1.29 is 0 Å². The highest BCUT2D eigenvalue weighted by molar-refractivity contribution is 5.49. The van der Waals surface area contributed by atoms with Crippen molar-refractivity contribution in [1.82, 2.24) is 5.32 Å². The topological polar surface area (TPSA) is 24.1 Å². The Morgan fingerprint density at radius 3 is 2.67 bits per heavy atom. The number of nitrogens with one attached hydrogen (secondary N) is 2. The van der Waals surface area contributed by atoms with E-state index in [2.05, 4.69) is 28.8 Å². The molecule has 1 heterocycles. The van der Waals surface area contributed by atoms with E-state index in [4.69, 9.17) is 0 Å². The van der Waals surface area contributed by atoms with Gasteiger partial charge in [-0.25, -0.2) is 0 Å². The molecule has 0 spiro atoms. The normalized spacial score (nSPS) is 20.4. The van der Waals surface area contributed by atoms with Crippen LogP contribution in [-0.2, 0) is 12.8 Å². The molecule has 0 unspecified atom stereocenters. The van der Waals surface area contributed by atoms with Gasteiger partial charge in [-0.3, -0.25) is 0 Å². The fraction of sp³-hybridized carbons (Fsp3) is 0.625. The highest BCUT2D eigenvalue weighted by Gasteiger charge is 2.13. The lowest BCUT2D eigenvalue weighted by atomic mass is 9.91. The Morgan fingerprint density at radius 1 is 1.06 bits per heavy atom. The highest BCUT2D eigenvalue weighted by Crippen LogP contribution is 2.24. The summed E-state index contributed by atoms with van der Waals surface area (Å²) in [5.41, 5.74) is 4.49. The minimum absolute atomic E-state index is 0.849. The van der Waals surface area contributed by atoms with Gasteiger partial charge in [-0.15, -0.1) is 0 Å². The summed E-state index contributed by atoms with van der Waals surface area (Å²) in [5.74, 6) is 0.849. The van der Waals surface area contributed by atoms with Crippen molar-refractivity contribution in [3.05, 3.63) is 29.3 Å². The molecular weight excluding hydrogens is 220 g/mol. The van der Waals surface area contributed by atoms with Gasteiger partial charge in [0.1, 0.15) is 0 Å². The summed E-state index contributed by atoms with van der Waals surface area (Å²) >= 11 is 0. The van der Waals surface area contributed by atoms with E-state index in [1.54, 1.807) is 11.1 Å². The smallest absolute Gasteiger partial charge is 0.0343 e. The minimum atomic E-state index is 0.849. The lowest BCUT2D eigenvalue weighted by molar-refractivity contribution is 0.390. The molecule has 0 saturated carbocycles. The minimum Gasteiger partial charge on any atom is -0.385 e. The number of anilines is 1. The van der Waals surface area contributed by atoms with E-state index in [9.17, 15) is 0 Å². The monoisotopic (exact) mass is 244 g/mol. The third kappa shape index (κ3) is 2.86. The van der Waals surface area contributed by atoms with Crippen LogP contribution in [0.3, 0.4) is 0 Å². The van der Waals surface area contributed by atoms with Crippen LogP contribution in [0.2, 0.25) is 0 Å². The van der Waals surface area contributed by atoms with Crippen molar-refractivity contribution in [3.63, 3.8) is 0 Å². The van der Waals surface area contributed by atoms with Gasteiger partial charge >= 0.3 is 0 Å². The zero-order valence-electron chi connectivity index (χ0n) is 11.2. The maximum absolute atomic E-state index is 3.64. The molecule has 0 bridgehead atoms. The van der Waals surface area contributed by atoms with E-state index < -0.39 is 0 Å². The Bertz CT molecular complexity index is 394. The van der Waals surface area contributed by atoms with Gasteiger partial charge in [0, 0.05) is 12.2 Å². The SMILES string of the molecule is c1cc2c(cc1NCC1CCNCC1)CCCC2. The molecular formula is C16H24N2. The van der Waals surface area contributed by atoms with Crippen molar-refractivity contribution in [2.24, 2.45) is 5.92 Å². The lowest BCUT2D eigenvalue weighted by Crippen LogP contribution is -2.31. The first-order valence-electron chi connectivity index (χ1n) is 7.48. The Morgan fingerprint density at radius 2 is 1.83 bits per heavy atom. The number of hydrogen-bond acceptors (Lipinski definition) is 2. The second kappa shape index (κ2) is 5.75. The average Bonchev–Trinajstić information content (AvgIpc) is 2.46. The van der Waals surface area contributed by atoms with Gasteiger partial charge in [-0.2, -0.15) is 0 Å². The molecule has 3 rings (SSSR count). The predicted octanol–water partition coefficient (Wildman–Crippen LogP) is 2.98. The summed E-state index contributed by atoms with van der Waals surface area (Å²) in [5, 5.41) is 7.06. The molecule has 1 aliphatic heterocycles. The van der Waals surface area contributed by atoms with Crippen LogP contribution >= 0.6 is 0 Å². The van der Waals surface area contributed by atoms with Crippen LogP contribution in [0.4, 0.5) is 5.69 Å². The number of rotatable bonds is 3. The molecule has 1 aromatic carbocycles. The first kappa shape index (κ1) is 12.0. The van der Waals surface area contributed by atoms with Gasteiger partial charge in [0.25, 0.3) is 0 Å². The van der Waals surface area contributed by atoms with E-state index in [1.807, 2.05) is 0 Å². The molecule has 2 nitrogen and oxygen atoms in total. The Hall–Kier alpha value is -1.02. The van der Waals surface area contributed by atoms with E-state index in [-0.39, 0.29) is 0 Å². The summed E-state index contributed by atoms with van der Waals surface area (Å²) in [6.45, 7) is 3.52. The summed E-state index contributed by atoms with van der Waals surface area (Å²) in [7, 11) is 0. The first-order chi connectivity index (χ1) is 8.92. The van der Waals surface area contributed by atoms with Crippen molar-refractivity contribution >= 4 is 5.69 Å². The van der Waals surface area contributed by atoms with E-state index >= 15 is 0 Å². The van der Waals surface area contributed by atoms with Crippen LogP contribution in [0.25, 0.3) is 0 Å². The highest BCUT2D eigenvalue weighted by atomic mass is 14.9. The molecule has 98 valence electrons. The van der Waals surface area contributed by atoms with Crippen molar-refractivity contribution in [3.8, 4) is 0 Å². The van der Waals surface area contributed by atoms with Gasteiger partial charge < -0.3 is 10.6 Å². The summed E-state index contributed by atoms with van der Waals surface area (Å²) < 4.78 is 0. The standard InChI is InChI=1S/C16H24N2/c1-2-4-15-11-16(6-5-14(15)3-1)18-12-13-7-9-17-10-8-13/h5-6,11,13,17-18H,1-4,7-10,12H2. The van der Waals surface area contributed by atoms with Crippen LogP contribution in [0, 0.1) is 5.92 Å². The van der Waals surface area contributed by atoms with E-state index in [1.165, 1.54) is 57.3 Å². The Kier molecular flexibility index (Phi) is 3.84. The van der Waals surface area contributed by atoms with Gasteiger partial charge in [-0.1, -0.05) is 6.07 Å². The van der Waals surface area contributed by atoms with Gasteiger partial charge in [0.15, 0.2) is 0 Å². The van der Waals surface area contributed by atoms with Crippen molar-refractivity contribution in [2.75, 3.05) is 25.0 Å². The van der Waals surface area contributed by atoms with Gasteiger partial charge in [-0.05, 0) is 80.8 Å². The molecule has 2 heteroatoms. The van der Waals surface area contributed by atoms with Gasteiger partial charge in [0.2, 0.25) is 0 Å². The van der Waals surface area contributed by atoms with Crippen LogP contribution in [0.15, 0.2) is 18.2 Å². The third-order valence-electron chi connectivity index (χ3n) is 4.40. The molecule has 1 aromatic rings. The first-order valence-corrected chi connectivity index (χ1v) is 7.48. The maximum Gasteiger partial charge on any atom is 0.0343 e. The zero-order valence-corrected chi connectivity index (χ0v) is 11.2. The molecule has 0 aromatic heterocycles. The largest absolute Gasteiger partial charge is 0.385 e. The molecule has 0 atom stereocenters. The fourth-order valence-electron chi connectivity index (χ4n) is 3.19. The van der Waals surface area contributed by atoms with Crippen molar-refractivity contribution in [1.29, 1.82) is 0 Å². The second-order valence-electron chi connectivity index (χ2n) is 5.76. The molecule has 2 N–H and O–H groups in total. The molecule has 1 aliphatic carbocycles. The lowest BCUT2D eigenvalue weighted by Gasteiger charge is -2.24. The molecule has 1 saturated heterocycles. The Balaban J connectivity index is 1.58. The van der Waals surface area contributed by atoms with Gasteiger partial charge in [0.05, 0.1) is 0 Å². The zero-order chi connectivity index (χ0) is 12.2. The molecule has 1 fully saturated rings. The summed E-state index contributed by atoms with van der Waals surface area (Å²) in [6, 6.07) is 6.99. The second-order valence-corrected chi connectivity index (χ2v) is 5.76. The number of hydrogen-bond donors (Lipinski definition) is 2. The molecule has 18 heavy (non-hydrogen) atoms.